The van der Waals surface area contributed by atoms with Gasteiger partial charge in [-0.15, -0.1) is 0 Å². The highest BCUT2D eigenvalue weighted by Crippen LogP contribution is 2.30. The van der Waals surface area contributed by atoms with E-state index in [2.05, 4.69) is 10.2 Å². The van der Waals surface area contributed by atoms with Gasteiger partial charge in [0.1, 0.15) is 18.1 Å². The number of nitrogens with zero attached hydrogens (tertiary/aromatic N) is 1. The molecule has 0 saturated heterocycles. The number of nitrogens with one attached hydrogen (secondary N) is 1. The van der Waals surface area contributed by atoms with Gasteiger partial charge in [0.2, 0.25) is 0 Å². The van der Waals surface area contributed by atoms with E-state index in [4.69, 9.17) is 10.5 Å². The third-order valence-corrected chi connectivity index (χ3v) is 3.48. The average molecular weight is 247 g/mol. The molecule has 4 N–H and O–H groups in total. The Morgan fingerprint density at radius 3 is 3.22 bits per heavy atom. The lowest BCUT2D eigenvalue weighted by Gasteiger charge is -2.34. The van der Waals surface area contributed by atoms with Crippen LogP contribution in [0.5, 0.6) is 11.5 Å². The van der Waals surface area contributed by atoms with Gasteiger partial charge in [0.05, 0.1) is 12.7 Å². The Labute approximate surface area is 106 Å². The third-order valence-electron chi connectivity index (χ3n) is 3.48. The van der Waals surface area contributed by atoms with Crippen molar-refractivity contribution in [3.05, 3.63) is 35.7 Å². The van der Waals surface area contributed by atoms with Gasteiger partial charge in [-0.3, -0.25) is 0 Å². The zero-order valence-corrected chi connectivity index (χ0v) is 10.1. The number of benzene rings is 1. The summed E-state index contributed by atoms with van der Waals surface area (Å²) < 4.78 is 5.75. The topological polar surface area (TPSA) is 70.8 Å². The number of hydrogen-bond acceptors (Lipinski definition) is 5. The Morgan fingerprint density at radius 1 is 1.50 bits per heavy atom. The van der Waals surface area contributed by atoms with Crippen molar-refractivity contribution in [1.82, 2.24) is 10.2 Å². The normalized spacial score (nSPS) is 21.9. The summed E-state index contributed by atoms with van der Waals surface area (Å²) in [6.45, 7) is 1.95. The highest BCUT2D eigenvalue weighted by atomic mass is 16.5. The number of rotatable bonds is 2. The Hall–Kier alpha value is -1.88. The summed E-state index contributed by atoms with van der Waals surface area (Å²) in [7, 11) is 0. The van der Waals surface area contributed by atoms with E-state index >= 15 is 0 Å². The molecule has 1 aromatic rings. The van der Waals surface area contributed by atoms with E-state index in [1.54, 1.807) is 12.1 Å². The Morgan fingerprint density at radius 2 is 2.39 bits per heavy atom. The lowest BCUT2D eigenvalue weighted by molar-refractivity contribution is 0.153. The van der Waals surface area contributed by atoms with Crippen molar-refractivity contribution in [1.29, 1.82) is 0 Å². The van der Waals surface area contributed by atoms with Crippen LogP contribution in [-0.2, 0) is 6.42 Å². The second-order valence-corrected chi connectivity index (χ2v) is 4.63. The van der Waals surface area contributed by atoms with Crippen molar-refractivity contribution in [3.63, 3.8) is 0 Å². The number of fused-ring (bicyclic) bond motifs is 1. The van der Waals surface area contributed by atoms with Crippen molar-refractivity contribution in [2.75, 3.05) is 19.8 Å². The Balaban J connectivity index is 1.80. The fourth-order valence-corrected chi connectivity index (χ4v) is 2.55. The van der Waals surface area contributed by atoms with Crippen LogP contribution in [0.1, 0.15) is 5.56 Å². The first kappa shape index (κ1) is 11.2. The van der Waals surface area contributed by atoms with Crippen LogP contribution in [0.2, 0.25) is 0 Å². The van der Waals surface area contributed by atoms with Gasteiger partial charge in [-0.05, 0) is 30.2 Å². The number of ether oxygens (including phenoxy) is 1. The number of phenols is 1. The molecule has 0 bridgehead atoms. The van der Waals surface area contributed by atoms with E-state index in [0.717, 1.165) is 30.1 Å². The van der Waals surface area contributed by atoms with Crippen LogP contribution >= 0.6 is 0 Å². The standard InChI is InChI=1S/C13H17N3O2/c14-5-11-6-15-8-16(11)10-3-9-4-12(17)1-2-13(9)18-7-10/h1-2,4,6,10,15,17H,3,5,7-8,14H2/t10-/m1/s1. The van der Waals surface area contributed by atoms with Gasteiger partial charge in [-0.1, -0.05) is 0 Å². The smallest absolute Gasteiger partial charge is 0.122 e. The molecule has 2 aliphatic rings. The van der Waals surface area contributed by atoms with Crippen LogP contribution in [0.3, 0.4) is 0 Å². The van der Waals surface area contributed by atoms with Crippen LogP contribution in [0.15, 0.2) is 30.1 Å². The van der Waals surface area contributed by atoms with Crippen molar-refractivity contribution >= 4 is 0 Å². The number of hydrogen-bond donors (Lipinski definition) is 3. The fourth-order valence-electron chi connectivity index (χ4n) is 2.55. The van der Waals surface area contributed by atoms with E-state index in [9.17, 15) is 5.11 Å². The van der Waals surface area contributed by atoms with E-state index < -0.39 is 0 Å². The van der Waals surface area contributed by atoms with Gasteiger partial charge in [0.25, 0.3) is 0 Å². The summed E-state index contributed by atoms with van der Waals surface area (Å²) in [4.78, 5) is 2.23. The molecule has 1 aromatic carbocycles. The zero-order valence-electron chi connectivity index (χ0n) is 10.1. The zero-order chi connectivity index (χ0) is 12.5. The molecule has 5 heteroatoms. The Bertz CT molecular complexity index is 487. The summed E-state index contributed by atoms with van der Waals surface area (Å²) in [6.07, 6.45) is 2.82. The molecule has 3 rings (SSSR count). The highest BCUT2D eigenvalue weighted by molar-refractivity contribution is 5.41. The van der Waals surface area contributed by atoms with E-state index in [1.807, 2.05) is 12.3 Å². The molecule has 0 unspecified atom stereocenters. The van der Waals surface area contributed by atoms with Crippen LogP contribution in [0.4, 0.5) is 0 Å². The van der Waals surface area contributed by atoms with Gasteiger partial charge < -0.3 is 25.8 Å². The molecular weight excluding hydrogens is 230 g/mol. The molecular formula is C13H17N3O2. The minimum atomic E-state index is 0.268. The van der Waals surface area contributed by atoms with Crippen LogP contribution in [0.25, 0.3) is 0 Å². The predicted octanol–water partition coefficient (Wildman–Crippen LogP) is 0.358. The monoisotopic (exact) mass is 247 g/mol. The van der Waals surface area contributed by atoms with Crippen LogP contribution in [0, 0.1) is 0 Å². The molecule has 18 heavy (non-hydrogen) atoms. The lowest BCUT2D eigenvalue weighted by Crippen LogP contribution is -2.43. The molecule has 0 fully saturated rings. The fraction of sp³-hybridized carbons (Fsp3) is 0.385. The summed E-state index contributed by atoms with van der Waals surface area (Å²) in [5, 5.41) is 12.7. The van der Waals surface area contributed by atoms with E-state index in [-0.39, 0.29) is 11.8 Å². The second kappa shape index (κ2) is 4.42. The molecule has 0 radical (unpaired) electrons. The molecule has 0 saturated carbocycles. The van der Waals surface area contributed by atoms with Crippen molar-refractivity contribution in [2.45, 2.75) is 12.5 Å². The molecule has 2 aliphatic heterocycles. The summed E-state index contributed by atoms with van der Waals surface area (Å²) >= 11 is 0. The molecule has 2 heterocycles. The maximum absolute atomic E-state index is 9.53. The SMILES string of the molecule is NCC1=CNCN1[C@H]1COc2ccc(O)cc2C1. The molecule has 0 spiro atoms. The molecule has 96 valence electrons. The summed E-state index contributed by atoms with van der Waals surface area (Å²) in [5.41, 5.74) is 7.87. The summed E-state index contributed by atoms with van der Waals surface area (Å²) in [5.74, 6) is 1.15. The van der Waals surface area contributed by atoms with Gasteiger partial charge in [0.15, 0.2) is 0 Å². The van der Waals surface area contributed by atoms with E-state index in [0.29, 0.717) is 13.2 Å². The minimum Gasteiger partial charge on any atom is -0.508 e. The molecule has 5 nitrogen and oxygen atoms in total. The second-order valence-electron chi connectivity index (χ2n) is 4.63. The lowest BCUT2D eigenvalue weighted by atomic mass is 10.0. The van der Waals surface area contributed by atoms with Gasteiger partial charge >= 0.3 is 0 Å². The van der Waals surface area contributed by atoms with Crippen molar-refractivity contribution < 1.29 is 9.84 Å². The number of phenolic OH excluding ortho intramolecular Hbond substituents is 1. The molecule has 0 amide bonds. The Kier molecular flexibility index (Phi) is 2.76. The van der Waals surface area contributed by atoms with Gasteiger partial charge in [-0.25, -0.2) is 0 Å². The maximum Gasteiger partial charge on any atom is 0.122 e. The van der Waals surface area contributed by atoms with Crippen molar-refractivity contribution in [3.8, 4) is 11.5 Å². The predicted molar refractivity (Wildman–Crippen MR) is 68.1 cm³/mol. The summed E-state index contributed by atoms with van der Waals surface area (Å²) in [6, 6.07) is 5.52. The van der Waals surface area contributed by atoms with Crippen LogP contribution < -0.4 is 15.8 Å². The largest absolute Gasteiger partial charge is 0.508 e. The van der Waals surface area contributed by atoms with Gasteiger partial charge in [-0.2, -0.15) is 0 Å². The molecule has 1 atom stereocenters. The quantitative estimate of drug-likeness (QED) is 0.704. The van der Waals surface area contributed by atoms with Crippen molar-refractivity contribution in [2.24, 2.45) is 5.73 Å². The van der Waals surface area contributed by atoms with Crippen LogP contribution in [-0.4, -0.2) is 35.9 Å². The molecule has 0 aliphatic carbocycles. The number of nitrogens with two attached hydrogens (primary N) is 1. The first-order valence-corrected chi connectivity index (χ1v) is 6.12. The third kappa shape index (κ3) is 1.86. The first-order chi connectivity index (χ1) is 8.78. The number of aromatic hydroxyl groups is 1. The van der Waals surface area contributed by atoms with Gasteiger partial charge in [0, 0.05) is 18.4 Å². The van der Waals surface area contributed by atoms with E-state index in [1.165, 1.54) is 0 Å². The maximum atomic E-state index is 9.53. The average Bonchev–Trinajstić information content (AvgIpc) is 2.86. The molecule has 0 aromatic heterocycles. The first-order valence-electron chi connectivity index (χ1n) is 6.12. The minimum absolute atomic E-state index is 0.268. The highest BCUT2D eigenvalue weighted by Gasteiger charge is 2.28.